The van der Waals surface area contributed by atoms with E-state index >= 15 is 0 Å². The van der Waals surface area contributed by atoms with E-state index in [1.54, 1.807) is 0 Å². The summed E-state index contributed by atoms with van der Waals surface area (Å²) in [5.74, 6) is -0.120. The van der Waals surface area contributed by atoms with Gasteiger partial charge in [-0.2, -0.15) is 4.31 Å². The van der Waals surface area contributed by atoms with E-state index < -0.39 is 22.2 Å². The highest BCUT2D eigenvalue weighted by molar-refractivity contribution is 7.88. The zero-order valence-corrected chi connectivity index (χ0v) is 15.6. The molecule has 7 heteroatoms. The Morgan fingerprint density at radius 2 is 1.79 bits per heavy atom. The number of aliphatic hydroxyl groups excluding tert-OH is 1. The highest BCUT2D eigenvalue weighted by Crippen LogP contribution is 2.11. The summed E-state index contributed by atoms with van der Waals surface area (Å²) in [5, 5.41) is 13.3. The van der Waals surface area contributed by atoms with Crippen molar-refractivity contribution in [1.82, 2.24) is 9.62 Å². The summed E-state index contributed by atoms with van der Waals surface area (Å²) < 4.78 is 25.1. The molecule has 6 nitrogen and oxygen atoms in total. The van der Waals surface area contributed by atoms with Crippen molar-refractivity contribution in [3.05, 3.63) is 35.9 Å². The Kier molecular flexibility index (Phi) is 7.86. The number of carbonyl (C=O) groups is 1. The molecule has 0 heterocycles. The quantitative estimate of drug-likeness (QED) is 0.691. The Balaban J connectivity index is 2.89. The Bertz CT molecular complexity index is 617. The molecule has 0 aliphatic rings. The predicted octanol–water partition coefficient (Wildman–Crippen LogP) is 1.01. The number of amides is 1. The molecule has 0 aliphatic heterocycles. The molecular formula is C17H28N2O4S. The van der Waals surface area contributed by atoms with E-state index in [9.17, 15) is 18.3 Å². The minimum atomic E-state index is -3.43. The van der Waals surface area contributed by atoms with Crippen LogP contribution in [0.4, 0.5) is 0 Å². The first-order valence-corrected chi connectivity index (χ1v) is 9.88. The Morgan fingerprint density at radius 1 is 1.21 bits per heavy atom. The molecule has 2 unspecified atom stereocenters. The number of hydrogen-bond acceptors (Lipinski definition) is 4. The lowest BCUT2D eigenvalue weighted by Crippen LogP contribution is -2.50. The standard InChI is InChI=1S/C17H28N2O4S/c1-13(2)11-19(24(4,22)23)12-17(21)16(18-14(3)20)10-15-8-6-5-7-9-15/h5-9,13,16-17,21H,10-12H2,1-4H3,(H,18,20). The lowest BCUT2D eigenvalue weighted by molar-refractivity contribution is -0.120. The van der Waals surface area contributed by atoms with Crippen molar-refractivity contribution in [2.75, 3.05) is 19.3 Å². The van der Waals surface area contributed by atoms with Crippen LogP contribution in [0, 0.1) is 5.92 Å². The van der Waals surface area contributed by atoms with Crippen LogP contribution in [0.1, 0.15) is 26.3 Å². The third kappa shape index (κ3) is 7.42. The summed E-state index contributed by atoms with van der Waals surface area (Å²) in [4.78, 5) is 11.5. The van der Waals surface area contributed by atoms with Gasteiger partial charge in [0.25, 0.3) is 0 Å². The number of aliphatic hydroxyl groups is 1. The molecule has 0 radical (unpaired) electrons. The van der Waals surface area contributed by atoms with Gasteiger partial charge in [-0.05, 0) is 17.9 Å². The largest absolute Gasteiger partial charge is 0.390 e. The fourth-order valence-corrected chi connectivity index (χ4v) is 3.49. The second kappa shape index (κ2) is 9.15. The summed E-state index contributed by atoms with van der Waals surface area (Å²) in [6, 6.07) is 8.92. The molecule has 1 rings (SSSR count). The maximum Gasteiger partial charge on any atom is 0.217 e. The highest BCUT2D eigenvalue weighted by atomic mass is 32.2. The number of nitrogens with zero attached hydrogens (tertiary/aromatic N) is 1. The Hall–Kier alpha value is -1.44. The van der Waals surface area contributed by atoms with E-state index in [0.717, 1.165) is 11.8 Å². The summed E-state index contributed by atoms with van der Waals surface area (Å²) in [6.07, 6.45) is 0.565. The van der Waals surface area contributed by atoms with Gasteiger partial charge in [0, 0.05) is 20.0 Å². The fraction of sp³-hybridized carbons (Fsp3) is 0.588. The normalized spacial score (nSPS) is 14.6. The molecule has 0 saturated carbocycles. The van der Waals surface area contributed by atoms with Crippen molar-refractivity contribution >= 4 is 15.9 Å². The van der Waals surface area contributed by atoms with Crippen molar-refractivity contribution in [2.24, 2.45) is 5.92 Å². The van der Waals surface area contributed by atoms with Crippen LogP contribution in [0.15, 0.2) is 30.3 Å². The maximum atomic E-state index is 11.9. The average molecular weight is 356 g/mol. The lowest BCUT2D eigenvalue weighted by atomic mass is 10.0. The summed E-state index contributed by atoms with van der Waals surface area (Å²) >= 11 is 0. The van der Waals surface area contributed by atoms with Crippen LogP contribution in [-0.4, -0.2) is 55.2 Å². The first-order valence-electron chi connectivity index (χ1n) is 8.03. The van der Waals surface area contributed by atoms with Crippen LogP contribution in [-0.2, 0) is 21.2 Å². The molecule has 136 valence electrons. The molecule has 0 saturated heterocycles. The van der Waals surface area contributed by atoms with Crippen LogP contribution >= 0.6 is 0 Å². The monoisotopic (exact) mass is 356 g/mol. The van der Waals surface area contributed by atoms with Crippen LogP contribution in [0.25, 0.3) is 0 Å². The molecule has 2 N–H and O–H groups in total. The minimum Gasteiger partial charge on any atom is -0.390 e. The molecule has 1 aromatic carbocycles. The summed E-state index contributed by atoms with van der Waals surface area (Å²) in [5.41, 5.74) is 0.963. The topological polar surface area (TPSA) is 86.7 Å². The van der Waals surface area contributed by atoms with Gasteiger partial charge in [0.05, 0.1) is 18.4 Å². The third-order valence-electron chi connectivity index (χ3n) is 3.58. The van der Waals surface area contributed by atoms with Gasteiger partial charge in [0.2, 0.25) is 15.9 Å². The predicted molar refractivity (Wildman–Crippen MR) is 95.0 cm³/mol. The summed E-state index contributed by atoms with van der Waals surface area (Å²) in [6.45, 7) is 5.50. The van der Waals surface area contributed by atoms with Gasteiger partial charge in [-0.1, -0.05) is 44.2 Å². The molecule has 2 atom stereocenters. The van der Waals surface area contributed by atoms with Crippen molar-refractivity contribution in [2.45, 2.75) is 39.3 Å². The maximum absolute atomic E-state index is 11.9. The van der Waals surface area contributed by atoms with E-state index in [0.29, 0.717) is 13.0 Å². The van der Waals surface area contributed by atoms with Gasteiger partial charge in [-0.3, -0.25) is 4.79 Å². The number of carbonyl (C=O) groups excluding carboxylic acids is 1. The first-order chi connectivity index (χ1) is 11.1. The van der Waals surface area contributed by atoms with Gasteiger partial charge in [0.1, 0.15) is 0 Å². The highest BCUT2D eigenvalue weighted by Gasteiger charge is 2.27. The van der Waals surface area contributed by atoms with E-state index in [1.807, 2.05) is 44.2 Å². The van der Waals surface area contributed by atoms with Crippen LogP contribution in [0.5, 0.6) is 0 Å². The summed E-state index contributed by atoms with van der Waals surface area (Å²) in [7, 11) is -3.43. The van der Waals surface area contributed by atoms with Crippen molar-refractivity contribution in [3.8, 4) is 0 Å². The van der Waals surface area contributed by atoms with Crippen LogP contribution in [0.2, 0.25) is 0 Å². The Morgan fingerprint density at radius 3 is 2.25 bits per heavy atom. The van der Waals surface area contributed by atoms with Crippen LogP contribution in [0.3, 0.4) is 0 Å². The lowest BCUT2D eigenvalue weighted by Gasteiger charge is -2.29. The van der Waals surface area contributed by atoms with Crippen molar-refractivity contribution in [1.29, 1.82) is 0 Å². The van der Waals surface area contributed by atoms with Gasteiger partial charge in [0.15, 0.2) is 0 Å². The number of sulfonamides is 1. The molecule has 0 aliphatic carbocycles. The molecule has 0 fully saturated rings. The molecule has 24 heavy (non-hydrogen) atoms. The van der Waals surface area contributed by atoms with Crippen LogP contribution < -0.4 is 5.32 Å². The molecule has 0 bridgehead atoms. The molecule has 1 aromatic rings. The average Bonchev–Trinajstić information content (AvgIpc) is 2.45. The van der Waals surface area contributed by atoms with Gasteiger partial charge < -0.3 is 10.4 Å². The smallest absolute Gasteiger partial charge is 0.217 e. The van der Waals surface area contributed by atoms with Crippen molar-refractivity contribution in [3.63, 3.8) is 0 Å². The van der Waals surface area contributed by atoms with E-state index in [1.165, 1.54) is 11.2 Å². The van der Waals surface area contributed by atoms with Crippen molar-refractivity contribution < 1.29 is 18.3 Å². The zero-order chi connectivity index (χ0) is 18.3. The second-order valence-corrected chi connectivity index (χ2v) is 8.52. The molecule has 0 spiro atoms. The Labute approximate surface area is 144 Å². The van der Waals surface area contributed by atoms with Gasteiger partial charge >= 0.3 is 0 Å². The fourth-order valence-electron chi connectivity index (χ4n) is 2.50. The van der Waals surface area contributed by atoms with Gasteiger partial charge in [-0.25, -0.2) is 8.42 Å². The second-order valence-electron chi connectivity index (χ2n) is 6.54. The van der Waals surface area contributed by atoms with Gasteiger partial charge in [-0.15, -0.1) is 0 Å². The molecule has 0 aromatic heterocycles. The first kappa shape index (κ1) is 20.6. The van der Waals surface area contributed by atoms with E-state index in [2.05, 4.69) is 5.32 Å². The zero-order valence-electron chi connectivity index (χ0n) is 14.8. The third-order valence-corrected chi connectivity index (χ3v) is 4.82. The molecular weight excluding hydrogens is 328 g/mol. The van der Waals surface area contributed by atoms with E-state index in [-0.39, 0.29) is 18.4 Å². The number of hydrogen-bond donors (Lipinski definition) is 2. The number of benzene rings is 1. The minimum absolute atomic E-state index is 0.0468. The SMILES string of the molecule is CC(=O)NC(Cc1ccccc1)C(O)CN(CC(C)C)S(C)(=O)=O. The molecule has 1 amide bonds. The number of rotatable bonds is 9. The number of nitrogens with one attached hydrogen (secondary N) is 1. The van der Waals surface area contributed by atoms with E-state index in [4.69, 9.17) is 0 Å².